The first-order chi connectivity index (χ1) is 9.61. The second-order valence-electron chi connectivity index (χ2n) is 4.37. The van der Waals surface area contributed by atoms with E-state index in [9.17, 15) is 4.39 Å². The minimum atomic E-state index is -0.343. The van der Waals surface area contributed by atoms with Gasteiger partial charge in [-0.05, 0) is 24.6 Å². The number of hydrogen-bond donors (Lipinski definition) is 1. The van der Waals surface area contributed by atoms with Gasteiger partial charge < -0.3 is 10.1 Å². The zero-order valence-corrected chi connectivity index (χ0v) is 12.9. The molecule has 1 aromatic carbocycles. The number of rotatable bonds is 6. The summed E-state index contributed by atoms with van der Waals surface area (Å²) in [5.74, 6) is -0.343. The Bertz CT molecular complexity index is 576. The van der Waals surface area contributed by atoms with Gasteiger partial charge in [-0.2, -0.15) is 0 Å². The summed E-state index contributed by atoms with van der Waals surface area (Å²) in [6.45, 7) is 3.19. The summed E-state index contributed by atoms with van der Waals surface area (Å²) in [4.78, 5) is 4.49. The maximum Gasteiger partial charge on any atom is 0.124 e. The number of thiazole rings is 1. The van der Waals surface area contributed by atoms with E-state index >= 15 is 0 Å². The molecule has 0 aliphatic rings. The van der Waals surface area contributed by atoms with Gasteiger partial charge in [0.2, 0.25) is 0 Å². The molecule has 1 unspecified atom stereocenters. The van der Waals surface area contributed by atoms with Crippen LogP contribution in [0.1, 0.15) is 22.3 Å². The minimum absolute atomic E-state index is 0.156. The number of halogens is 2. The predicted octanol–water partition coefficient (Wildman–Crippen LogP) is 3.57. The summed E-state index contributed by atoms with van der Waals surface area (Å²) in [5.41, 5.74) is 1.78. The van der Waals surface area contributed by atoms with Crippen LogP contribution in [-0.4, -0.2) is 25.2 Å². The molecule has 2 aromatic rings. The number of ether oxygens (including phenoxy) is 1. The largest absolute Gasteiger partial charge is 0.383 e. The van der Waals surface area contributed by atoms with E-state index in [4.69, 9.17) is 16.3 Å². The van der Waals surface area contributed by atoms with Crippen LogP contribution in [0.4, 0.5) is 4.39 Å². The van der Waals surface area contributed by atoms with Gasteiger partial charge in [-0.25, -0.2) is 9.37 Å². The Labute approximate surface area is 126 Å². The van der Waals surface area contributed by atoms with Gasteiger partial charge in [-0.15, -0.1) is 11.3 Å². The molecule has 0 saturated carbocycles. The lowest BCUT2D eigenvalue weighted by atomic mass is 10.1. The van der Waals surface area contributed by atoms with E-state index in [1.54, 1.807) is 24.5 Å². The standard InChI is InChI=1S/C14H16ClFN2OS/c1-9-8-20-14(18-9)13(17-5-6-19-2)11-4-3-10(16)7-12(11)15/h3-4,7-8,13,17H,5-6H2,1-2H3. The summed E-state index contributed by atoms with van der Waals surface area (Å²) in [5, 5.41) is 6.63. The Morgan fingerprint density at radius 3 is 2.90 bits per heavy atom. The van der Waals surface area contributed by atoms with Gasteiger partial charge in [0.05, 0.1) is 12.6 Å². The topological polar surface area (TPSA) is 34.1 Å². The van der Waals surface area contributed by atoms with E-state index in [2.05, 4.69) is 10.3 Å². The van der Waals surface area contributed by atoms with E-state index in [-0.39, 0.29) is 11.9 Å². The predicted molar refractivity (Wildman–Crippen MR) is 80.0 cm³/mol. The van der Waals surface area contributed by atoms with Crippen LogP contribution in [0.2, 0.25) is 5.02 Å². The summed E-state index contributed by atoms with van der Waals surface area (Å²) in [6, 6.07) is 4.27. The minimum Gasteiger partial charge on any atom is -0.383 e. The fourth-order valence-electron chi connectivity index (χ4n) is 1.88. The van der Waals surface area contributed by atoms with Crippen molar-refractivity contribution >= 4 is 22.9 Å². The molecule has 0 aliphatic heterocycles. The van der Waals surface area contributed by atoms with E-state index < -0.39 is 0 Å². The molecule has 0 bridgehead atoms. The van der Waals surface area contributed by atoms with Crippen molar-refractivity contribution in [3.8, 4) is 0 Å². The molecule has 2 rings (SSSR count). The van der Waals surface area contributed by atoms with Crippen molar-refractivity contribution in [3.63, 3.8) is 0 Å². The summed E-state index contributed by atoms with van der Waals surface area (Å²) < 4.78 is 18.2. The van der Waals surface area contributed by atoms with Crippen LogP contribution in [0.25, 0.3) is 0 Å². The number of nitrogens with one attached hydrogen (secondary N) is 1. The Balaban J connectivity index is 2.30. The molecule has 1 N–H and O–H groups in total. The van der Waals surface area contributed by atoms with Crippen molar-refractivity contribution < 1.29 is 9.13 Å². The maximum absolute atomic E-state index is 13.2. The molecular weight excluding hydrogens is 299 g/mol. The van der Waals surface area contributed by atoms with Gasteiger partial charge in [-0.1, -0.05) is 17.7 Å². The van der Waals surface area contributed by atoms with Gasteiger partial charge in [0.25, 0.3) is 0 Å². The lowest BCUT2D eigenvalue weighted by Crippen LogP contribution is -2.26. The average Bonchev–Trinajstić information content (AvgIpc) is 2.82. The second-order valence-corrected chi connectivity index (χ2v) is 5.67. The monoisotopic (exact) mass is 314 g/mol. The van der Waals surface area contributed by atoms with Gasteiger partial charge in [0.1, 0.15) is 10.8 Å². The fraction of sp³-hybridized carbons (Fsp3) is 0.357. The fourth-order valence-corrected chi connectivity index (χ4v) is 3.04. The summed E-state index contributed by atoms with van der Waals surface area (Å²) >= 11 is 7.72. The molecule has 0 fully saturated rings. The molecule has 0 aliphatic carbocycles. The van der Waals surface area contributed by atoms with Crippen LogP contribution in [0.15, 0.2) is 23.6 Å². The molecule has 1 aromatic heterocycles. The molecule has 20 heavy (non-hydrogen) atoms. The number of aryl methyl sites for hydroxylation is 1. The van der Waals surface area contributed by atoms with Crippen LogP contribution in [0, 0.1) is 12.7 Å². The van der Waals surface area contributed by atoms with Crippen LogP contribution >= 0.6 is 22.9 Å². The number of benzene rings is 1. The molecule has 6 heteroatoms. The molecule has 0 radical (unpaired) electrons. The molecule has 1 heterocycles. The Morgan fingerprint density at radius 2 is 2.30 bits per heavy atom. The first kappa shape index (κ1) is 15.4. The summed E-state index contributed by atoms with van der Waals surface area (Å²) in [7, 11) is 1.65. The molecule has 108 valence electrons. The molecular formula is C14H16ClFN2OS. The van der Waals surface area contributed by atoms with Crippen molar-refractivity contribution in [2.75, 3.05) is 20.3 Å². The van der Waals surface area contributed by atoms with Crippen molar-refractivity contribution in [2.24, 2.45) is 0 Å². The number of nitrogens with zero attached hydrogens (tertiary/aromatic N) is 1. The second kappa shape index (κ2) is 7.13. The Kier molecular flexibility index (Phi) is 5.48. The van der Waals surface area contributed by atoms with Crippen molar-refractivity contribution in [2.45, 2.75) is 13.0 Å². The molecule has 3 nitrogen and oxygen atoms in total. The number of methoxy groups -OCH3 is 1. The zero-order valence-electron chi connectivity index (χ0n) is 11.3. The lowest BCUT2D eigenvalue weighted by Gasteiger charge is -2.18. The number of hydrogen-bond acceptors (Lipinski definition) is 4. The molecule has 0 amide bonds. The SMILES string of the molecule is COCCNC(c1nc(C)cs1)c1ccc(F)cc1Cl. The zero-order chi connectivity index (χ0) is 14.5. The number of aromatic nitrogens is 1. The molecule has 1 atom stereocenters. The molecule has 0 saturated heterocycles. The van der Waals surface area contributed by atoms with Crippen molar-refractivity contribution in [3.05, 3.63) is 50.7 Å². The van der Waals surface area contributed by atoms with Crippen LogP contribution in [-0.2, 0) is 4.74 Å². The normalized spacial score (nSPS) is 12.6. The third-order valence-corrected chi connectivity index (χ3v) is 4.17. The van der Waals surface area contributed by atoms with E-state index in [0.29, 0.717) is 18.2 Å². The van der Waals surface area contributed by atoms with Gasteiger partial charge in [0, 0.05) is 29.8 Å². The van der Waals surface area contributed by atoms with E-state index in [0.717, 1.165) is 16.3 Å². The van der Waals surface area contributed by atoms with E-state index in [1.807, 2.05) is 12.3 Å². The Hall–Kier alpha value is -1.01. The molecule has 0 spiro atoms. The van der Waals surface area contributed by atoms with Crippen LogP contribution in [0.5, 0.6) is 0 Å². The van der Waals surface area contributed by atoms with Crippen LogP contribution in [0.3, 0.4) is 0 Å². The smallest absolute Gasteiger partial charge is 0.124 e. The highest BCUT2D eigenvalue weighted by Crippen LogP contribution is 2.30. The highest BCUT2D eigenvalue weighted by molar-refractivity contribution is 7.09. The Morgan fingerprint density at radius 1 is 1.50 bits per heavy atom. The van der Waals surface area contributed by atoms with Gasteiger partial charge >= 0.3 is 0 Å². The van der Waals surface area contributed by atoms with Crippen LogP contribution < -0.4 is 5.32 Å². The maximum atomic E-state index is 13.2. The quantitative estimate of drug-likeness (QED) is 0.828. The first-order valence-electron chi connectivity index (χ1n) is 6.21. The highest BCUT2D eigenvalue weighted by atomic mass is 35.5. The van der Waals surface area contributed by atoms with Gasteiger partial charge in [-0.3, -0.25) is 0 Å². The van der Waals surface area contributed by atoms with E-state index in [1.165, 1.54) is 12.1 Å². The first-order valence-corrected chi connectivity index (χ1v) is 7.47. The van der Waals surface area contributed by atoms with Crippen molar-refractivity contribution in [1.29, 1.82) is 0 Å². The third kappa shape index (κ3) is 3.76. The van der Waals surface area contributed by atoms with Gasteiger partial charge in [0.15, 0.2) is 0 Å². The summed E-state index contributed by atoms with van der Waals surface area (Å²) in [6.07, 6.45) is 0. The third-order valence-electron chi connectivity index (χ3n) is 2.81. The van der Waals surface area contributed by atoms with Crippen molar-refractivity contribution in [1.82, 2.24) is 10.3 Å². The lowest BCUT2D eigenvalue weighted by molar-refractivity contribution is 0.197. The highest BCUT2D eigenvalue weighted by Gasteiger charge is 2.19. The average molecular weight is 315 g/mol.